The molecule has 1 fully saturated rings. The van der Waals surface area contributed by atoms with E-state index in [1.807, 2.05) is 11.8 Å². The summed E-state index contributed by atoms with van der Waals surface area (Å²) in [7, 11) is 0. The predicted molar refractivity (Wildman–Crippen MR) is 78.3 cm³/mol. The minimum Gasteiger partial charge on any atom is -0.393 e. The second-order valence-corrected chi connectivity index (χ2v) is 6.33. The highest BCUT2D eigenvalue weighted by Gasteiger charge is 2.32. The lowest BCUT2D eigenvalue weighted by atomic mass is 9.82. The zero-order valence-corrected chi connectivity index (χ0v) is 12.1. The molecule has 1 N–H and O–H groups in total. The lowest BCUT2D eigenvalue weighted by Crippen LogP contribution is -2.47. The molecule has 1 aliphatic carbocycles. The highest BCUT2D eigenvalue weighted by Crippen LogP contribution is 2.28. The minimum atomic E-state index is -0.244. The van der Waals surface area contributed by atoms with Crippen LogP contribution in [0.25, 0.3) is 0 Å². The van der Waals surface area contributed by atoms with E-state index in [0.29, 0.717) is 19.0 Å². The molecule has 2 aliphatic rings. The van der Waals surface area contributed by atoms with Gasteiger partial charge in [0.05, 0.1) is 6.10 Å². The fraction of sp³-hybridized carbons (Fsp3) is 0.588. The van der Waals surface area contributed by atoms with Crippen molar-refractivity contribution in [2.45, 2.75) is 38.7 Å². The van der Waals surface area contributed by atoms with Crippen LogP contribution in [0.4, 0.5) is 0 Å². The van der Waals surface area contributed by atoms with Gasteiger partial charge in [0.1, 0.15) is 0 Å². The third-order valence-electron chi connectivity index (χ3n) is 4.87. The van der Waals surface area contributed by atoms with E-state index in [0.717, 1.165) is 25.7 Å². The molecule has 3 rings (SSSR count). The number of nitrogens with zero attached hydrogens (tertiary/aromatic N) is 1. The van der Waals surface area contributed by atoms with E-state index < -0.39 is 0 Å². The summed E-state index contributed by atoms with van der Waals surface area (Å²) in [6.45, 7) is 3.45. The normalized spacial score (nSPS) is 29.9. The molecular formula is C17H23NO2. The molecular weight excluding hydrogens is 250 g/mol. The molecule has 1 heterocycles. The van der Waals surface area contributed by atoms with Gasteiger partial charge in [0.15, 0.2) is 0 Å². The quantitative estimate of drug-likeness (QED) is 0.850. The van der Waals surface area contributed by atoms with Crippen LogP contribution >= 0.6 is 0 Å². The SMILES string of the molecule is CC1CN(C(=O)C2CCc3ccccc3C2)CCC1O. The highest BCUT2D eigenvalue weighted by atomic mass is 16.3. The Bertz CT molecular complexity index is 500. The van der Waals surface area contributed by atoms with Gasteiger partial charge < -0.3 is 10.0 Å². The van der Waals surface area contributed by atoms with Crippen LogP contribution in [0.15, 0.2) is 24.3 Å². The summed E-state index contributed by atoms with van der Waals surface area (Å²) in [6, 6.07) is 8.46. The molecule has 0 bridgehead atoms. The van der Waals surface area contributed by atoms with Gasteiger partial charge in [0.2, 0.25) is 5.91 Å². The highest BCUT2D eigenvalue weighted by molar-refractivity contribution is 5.79. The lowest BCUT2D eigenvalue weighted by molar-refractivity contribution is -0.139. The summed E-state index contributed by atoms with van der Waals surface area (Å²) in [4.78, 5) is 14.6. The Balaban J connectivity index is 1.67. The first-order valence-corrected chi connectivity index (χ1v) is 7.69. The van der Waals surface area contributed by atoms with Gasteiger partial charge in [-0.15, -0.1) is 0 Å². The Hall–Kier alpha value is -1.35. The number of carbonyl (C=O) groups excluding carboxylic acids is 1. The molecule has 3 nitrogen and oxygen atoms in total. The predicted octanol–water partition coefficient (Wildman–Crippen LogP) is 2.02. The zero-order chi connectivity index (χ0) is 14.1. The maximum atomic E-state index is 12.7. The third kappa shape index (κ3) is 2.59. The molecule has 1 aromatic rings. The van der Waals surface area contributed by atoms with Gasteiger partial charge in [-0.05, 0) is 42.7 Å². The number of fused-ring (bicyclic) bond motifs is 1. The molecule has 3 unspecified atom stereocenters. The molecule has 0 spiro atoms. The van der Waals surface area contributed by atoms with E-state index in [9.17, 15) is 9.90 Å². The summed E-state index contributed by atoms with van der Waals surface area (Å²) >= 11 is 0. The van der Waals surface area contributed by atoms with Gasteiger partial charge >= 0.3 is 0 Å². The number of hydrogen-bond donors (Lipinski definition) is 1. The van der Waals surface area contributed by atoms with Crippen molar-refractivity contribution in [3.05, 3.63) is 35.4 Å². The Morgan fingerprint density at radius 2 is 2.00 bits per heavy atom. The van der Waals surface area contributed by atoms with Crippen molar-refractivity contribution in [3.8, 4) is 0 Å². The van der Waals surface area contributed by atoms with Crippen LogP contribution in [-0.4, -0.2) is 35.1 Å². The minimum absolute atomic E-state index is 0.132. The average molecular weight is 273 g/mol. The van der Waals surface area contributed by atoms with Crippen LogP contribution in [0.5, 0.6) is 0 Å². The van der Waals surface area contributed by atoms with E-state index in [2.05, 4.69) is 24.3 Å². The molecule has 1 amide bonds. The summed E-state index contributed by atoms with van der Waals surface area (Å²) in [6.07, 6.45) is 3.33. The number of aliphatic hydroxyl groups is 1. The van der Waals surface area contributed by atoms with Crippen molar-refractivity contribution in [2.75, 3.05) is 13.1 Å². The molecule has 1 saturated heterocycles. The van der Waals surface area contributed by atoms with E-state index in [-0.39, 0.29) is 17.9 Å². The van der Waals surface area contributed by atoms with Gasteiger partial charge in [-0.1, -0.05) is 31.2 Å². The van der Waals surface area contributed by atoms with Crippen molar-refractivity contribution in [3.63, 3.8) is 0 Å². The number of benzene rings is 1. The van der Waals surface area contributed by atoms with Crippen LogP contribution in [0, 0.1) is 11.8 Å². The molecule has 0 radical (unpaired) electrons. The first kappa shape index (κ1) is 13.6. The summed E-state index contributed by atoms with van der Waals surface area (Å²) in [5, 5.41) is 9.78. The number of hydrogen-bond acceptors (Lipinski definition) is 2. The van der Waals surface area contributed by atoms with Crippen LogP contribution in [0.1, 0.15) is 30.9 Å². The smallest absolute Gasteiger partial charge is 0.226 e. The first-order chi connectivity index (χ1) is 9.65. The second kappa shape index (κ2) is 5.57. The van der Waals surface area contributed by atoms with Crippen LogP contribution in [-0.2, 0) is 17.6 Å². The lowest BCUT2D eigenvalue weighted by Gasteiger charge is -2.37. The van der Waals surface area contributed by atoms with Gasteiger partial charge in [-0.3, -0.25) is 4.79 Å². The molecule has 3 atom stereocenters. The van der Waals surface area contributed by atoms with Crippen molar-refractivity contribution in [2.24, 2.45) is 11.8 Å². The van der Waals surface area contributed by atoms with E-state index in [4.69, 9.17) is 0 Å². The van der Waals surface area contributed by atoms with Crippen LogP contribution in [0.2, 0.25) is 0 Å². The second-order valence-electron chi connectivity index (χ2n) is 6.33. The molecule has 20 heavy (non-hydrogen) atoms. The summed E-state index contributed by atoms with van der Waals surface area (Å²) in [5.41, 5.74) is 2.74. The number of aryl methyl sites for hydroxylation is 1. The fourth-order valence-corrected chi connectivity index (χ4v) is 3.50. The fourth-order valence-electron chi connectivity index (χ4n) is 3.50. The molecule has 1 aliphatic heterocycles. The van der Waals surface area contributed by atoms with E-state index in [1.165, 1.54) is 11.1 Å². The summed E-state index contributed by atoms with van der Waals surface area (Å²) < 4.78 is 0. The maximum absolute atomic E-state index is 12.7. The van der Waals surface area contributed by atoms with Crippen LogP contribution < -0.4 is 0 Å². The number of aliphatic hydroxyl groups excluding tert-OH is 1. The van der Waals surface area contributed by atoms with Crippen LogP contribution in [0.3, 0.4) is 0 Å². The number of rotatable bonds is 1. The third-order valence-corrected chi connectivity index (χ3v) is 4.87. The number of amides is 1. The van der Waals surface area contributed by atoms with Crippen molar-refractivity contribution in [1.82, 2.24) is 4.90 Å². The number of carbonyl (C=O) groups is 1. The van der Waals surface area contributed by atoms with E-state index >= 15 is 0 Å². The Labute approximate surface area is 120 Å². The molecule has 1 aromatic carbocycles. The van der Waals surface area contributed by atoms with Gasteiger partial charge in [-0.2, -0.15) is 0 Å². The topological polar surface area (TPSA) is 40.5 Å². The monoisotopic (exact) mass is 273 g/mol. The number of piperidine rings is 1. The Kier molecular flexibility index (Phi) is 3.79. The number of likely N-dealkylation sites (tertiary alicyclic amines) is 1. The van der Waals surface area contributed by atoms with Crippen molar-refractivity contribution < 1.29 is 9.90 Å². The summed E-state index contributed by atoms with van der Waals surface area (Å²) in [5.74, 6) is 0.620. The Morgan fingerprint density at radius 3 is 2.75 bits per heavy atom. The largest absolute Gasteiger partial charge is 0.393 e. The van der Waals surface area contributed by atoms with E-state index in [1.54, 1.807) is 0 Å². The molecule has 108 valence electrons. The van der Waals surface area contributed by atoms with Crippen molar-refractivity contribution >= 4 is 5.91 Å². The Morgan fingerprint density at radius 1 is 1.25 bits per heavy atom. The molecule has 3 heteroatoms. The zero-order valence-electron chi connectivity index (χ0n) is 12.1. The van der Waals surface area contributed by atoms with Gasteiger partial charge in [0, 0.05) is 19.0 Å². The van der Waals surface area contributed by atoms with Crippen molar-refractivity contribution in [1.29, 1.82) is 0 Å². The molecule has 0 aromatic heterocycles. The van der Waals surface area contributed by atoms with Gasteiger partial charge in [0.25, 0.3) is 0 Å². The molecule has 0 saturated carbocycles. The first-order valence-electron chi connectivity index (χ1n) is 7.69. The average Bonchev–Trinajstić information content (AvgIpc) is 2.49. The van der Waals surface area contributed by atoms with Gasteiger partial charge in [-0.25, -0.2) is 0 Å². The maximum Gasteiger partial charge on any atom is 0.226 e. The standard InChI is InChI=1S/C17H23NO2/c1-12-11-18(9-8-16(12)19)17(20)15-7-6-13-4-2-3-5-14(13)10-15/h2-5,12,15-16,19H,6-11H2,1H3.